The highest BCUT2D eigenvalue weighted by Gasteiger charge is 2.37. The zero-order valence-electron chi connectivity index (χ0n) is 14.2. The van der Waals surface area contributed by atoms with Gasteiger partial charge in [-0.25, -0.2) is 5.01 Å². The second-order valence-corrected chi connectivity index (χ2v) is 6.27. The van der Waals surface area contributed by atoms with E-state index in [-0.39, 0.29) is 30.3 Å². The molecule has 0 aliphatic carbocycles. The Bertz CT molecular complexity index is 471. The maximum Gasteiger partial charge on any atom is 0.305 e. The Morgan fingerprint density at radius 2 is 2.08 bits per heavy atom. The fraction of sp³-hybridized carbons (Fsp3) is 0.812. The van der Waals surface area contributed by atoms with Gasteiger partial charge in [0.15, 0.2) is 0 Å². The van der Waals surface area contributed by atoms with Crippen molar-refractivity contribution in [1.29, 1.82) is 0 Å². The molecule has 2 atom stereocenters. The molecule has 2 N–H and O–H groups in total. The normalized spacial score (nSPS) is 23.0. The quantitative estimate of drug-likeness (QED) is 0.662. The summed E-state index contributed by atoms with van der Waals surface area (Å²) in [6.07, 6.45) is 3.00. The molecule has 0 aromatic carbocycles. The molecule has 2 saturated heterocycles. The molecule has 136 valence electrons. The van der Waals surface area contributed by atoms with Crippen molar-refractivity contribution in [1.82, 2.24) is 15.3 Å². The van der Waals surface area contributed by atoms with Crippen molar-refractivity contribution in [3.8, 4) is 0 Å². The largest absolute Gasteiger partial charge is 0.481 e. The third-order valence-electron chi connectivity index (χ3n) is 4.42. The monoisotopic (exact) mass is 341 g/mol. The van der Waals surface area contributed by atoms with Gasteiger partial charge in [-0.1, -0.05) is 0 Å². The smallest absolute Gasteiger partial charge is 0.305 e. The number of hydrogen-bond acceptors (Lipinski definition) is 5. The molecule has 8 nitrogen and oxygen atoms in total. The van der Waals surface area contributed by atoms with Crippen molar-refractivity contribution >= 4 is 17.8 Å². The summed E-state index contributed by atoms with van der Waals surface area (Å²) in [4.78, 5) is 35.5. The van der Waals surface area contributed by atoms with E-state index < -0.39 is 5.97 Å². The molecule has 0 radical (unpaired) electrons. The highest BCUT2D eigenvalue weighted by atomic mass is 16.5. The molecule has 2 aliphatic heterocycles. The van der Waals surface area contributed by atoms with Crippen molar-refractivity contribution in [2.45, 2.75) is 57.5 Å². The van der Waals surface area contributed by atoms with Crippen LogP contribution in [0.2, 0.25) is 0 Å². The Morgan fingerprint density at radius 1 is 1.33 bits per heavy atom. The molecule has 2 amide bonds. The maximum atomic E-state index is 12.4. The molecule has 2 fully saturated rings. The first-order valence-corrected chi connectivity index (χ1v) is 8.68. The second kappa shape index (κ2) is 8.98. The van der Waals surface area contributed by atoms with Gasteiger partial charge in [-0.05, 0) is 26.2 Å². The number of ether oxygens (including phenoxy) is 1. The minimum atomic E-state index is -0.890. The molecule has 0 saturated carbocycles. The van der Waals surface area contributed by atoms with Crippen molar-refractivity contribution in [3.05, 3.63) is 0 Å². The minimum absolute atomic E-state index is 0.00181. The van der Waals surface area contributed by atoms with Crippen molar-refractivity contribution < 1.29 is 24.2 Å². The van der Waals surface area contributed by atoms with E-state index in [4.69, 9.17) is 9.84 Å². The van der Waals surface area contributed by atoms with E-state index in [1.807, 2.05) is 6.92 Å². The maximum absolute atomic E-state index is 12.4. The zero-order valence-corrected chi connectivity index (χ0v) is 14.2. The lowest BCUT2D eigenvalue weighted by molar-refractivity contribution is -0.171. The third-order valence-corrected chi connectivity index (χ3v) is 4.42. The summed E-state index contributed by atoms with van der Waals surface area (Å²) in [5.74, 6) is -0.910. The Hall–Kier alpha value is -1.67. The van der Waals surface area contributed by atoms with Crippen molar-refractivity contribution in [3.63, 3.8) is 0 Å². The van der Waals surface area contributed by atoms with Crippen LogP contribution in [0.3, 0.4) is 0 Å². The highest BCUT2D eigenvalue weighted by molar-refractivity contribution is 5.85. The van der Waals surface area contributed by atoms with Crippen LogP contribution in [0.25, 0.3) is 0 Å². The summed E-state index contributed by atoms with van der Waals surface area (Å²) in [5.41, 5.74) is 0. The highest BCUT2D eigenvalue weighted by Crippen LogP contribution is 2.24. The number of amides is 2. The molecule has 8 heteroatoms. The van der Waals surface area contributed by atoms with Gasteiger partial charge in [-0.15, -0.1) is 0 Å². The van der Waals surface area contributed by atoms with E-state index in [0.717, 1.165) is 12.8 Å². The number of fused-ring (bicyclic) bond motifs is 1. The molecule has 2 aliphatic rings. The number of rotatable bonds is 8. The molecule has 0 unspecified atom stereocenters. The van der Waals surface area contributed by atoms with Gasteiger partial charge in [-0.2, -0.15) is 0 Å². The molecular weight excluding hydrogens is 314 g/mol. The Labute approximate surface area is 142 Å². The minimum Gasteiger partial charge on any atom is -0.481 e. The molecule has 2 rings (SSSR count). The summed E-state index contributed by atoms with van der Waals surface area (Å²) in [6.45, 7) is 3.73. The van der Waals surface area contributed by atoms with Gasteiger partial charge in [0, 0.05) is 38.6 Å². The van der Waals surface area contributed by atoms with E-state index in [9.17, 15) is 14.4 Å². The lowest BCUT2D eigenvalue weighted by atomic mass is 10.1. The number of aliphatic carboxylic acids is 1. The van der Waals surface area contributed by atoms with E-state index in [0.29, 0.717) is 45.6 Å². The van der Waals surface area contributed by atoms with Crippen LogP contribution >= 0.6 is 0 Å². The fourth-order valence-corrected chi connectivity index (χ4v) is 3.27. The van der Waals surface area contributed by atoms with Crippen LogP contribution in [-0.2, 0) is 19.1 Å². The number of carbonyl (C=O) groups excluding carboxylic acids is 2. The predicted octanol–water partition coefficient (Wildman–Crippen LogP) is 0.374. The Balaban J connectivity index is 1.99. The third kappa shape index (κ3) is 4.91. The summed E-state index contributed by atoms with van der Waals surface area (Å²) in [6, 6.07) is -0.429. The molecule has 0 bridgehead atoms. The van der Waals surface area contributed by atoms with E-state index in [2.05, 4.69) is 5.32 Å². The number of nitrogens with one attached hydrogen (secondary N) is 1. The van der Waals surface area contributed by atoms with Crippen molar-refractivity contribution in [2.24, 2.45) is 0 Å². The first-order chi connectivity index (χ1) is 11.5. The Kier molecular flexibility index (Phi) is 6.99. The molecule has 24 heavy (non-hydrogen) atoms. The number of carboxylic acid groups (broad SMARTS) is 1. The number of carboxylic acids is 1. The van der Waals surface area contributed by atoms with Gasteiger partial charge in [0.05, 0.1) is 19.1 Å². The first-order valence-electron chi connectivity index (χ1n) is 8.68. The summed E-state index contributed by atoms with van der Waals surface area (Å²) < 4.78 is 5.33. The Morgan fingerprint density at radius 3 is 2.79 bits per heavy atom. The van der Waals surface area contributed by atoms with E-state index >= 15 is 0 Å². The fourth-order valence-electron chi connectivity index (χ4n) is 3.27. The van der Waals surface area contributed by atoms with Crippen LogP contribution < -0.4 is 5.32 Å². The van der Waals surface area contributed by atoms with Crippen LogP contribution in [0, 0.1) is 0 Å². The predicted molar refractivity (Wildman–Crippen MR) is 86.0 cm³/mol. The number of hydrogen-bond donors (Lipinski definition) is 2. The second-order valence-electron chi connectivity index (χ2n) is 6.27. The van der Waals surface area contributed by atoms with Crippen LogP contribution in [0.5, 0.6) is 0 Å². The number of nitrogens with zero attached hydrogens (tertiary/aromatic N) is 2. The lowest BCUT2D eigenvalue weighted by Crippen LogP contribution is -2.59. The standard InChI is InChI=1S/C16H27N3O5/c1-2-24-11-12(9-16(22)23)17-10-13-5-4-8-18-14(20)6-3-7-15(21)19(13)18/h12-13,17H,2-11H2,1H3,(H,22,23)/t12-,13-/m0/s1. The summed E-state index contributed by atoms with van der Waals surface area (Å²) in [7, 11) is 0. The van der Waals surface area contributed by atoms with Gasteiger partial charge in [0.25, 0.3) is 0 Å². The van der Waals surface area contributed by atoms with Gasteiger partial charge >= 0.3 is 5.97 Å². The summed E-state index contributed by atoms with van der Waals surface area (Å²) in [5, 5.41) is 15.4. The summed E-state index contributed by atoms with van der Waals surface area (Å²) >= 11 is 0. The van der Waals surface area contributed by atoms with Gasteiger partial charge < -0.3 is 15.2 Å². The molecule has 0 aromatic rings. The topological polar surface area (TPSA) is 99.2 Å². The van der Waals surface area contributed by atoms with Gasteiger partial charge in [0.2, 0.25) is 11.8 Å². The van der Waals surface area contributed by atoms with Crippen LogP contribution in [-0.4, -0.2) is 71.3 Å². The average Bonchev–Trinajstić information content (AvgIpc) is 2.69. The van der Waals surface area contributed by atoms with Crippen molar-refractivity contribution in [2.75, 3.05) is 26.3 Å². The molecular formula is C16H27N3O5. The number of carbonyl (C=O) groups is 3. The zero-order chi connectivity index (χ0) is 17.5. The number of hydrazine groups is 1. The lowest BCUT2D eigenvalue weighted by Gasteiger charge is -2.43. The van der Waals surface area contributed by atoms with Crippen LogP contribution in [0.4, 0.5) is 0 Å². The SMILES string of the molecule is CCOC[C@H](CC(=O)O)NC[C@@H]1CCCN2C(=O)CCCC(=O)N12. The molecule has 2 heterocycles. The molecule has 0 spiro atoms. The van der Waals surface area contributed by atoms with Gasteiger partial charge in [-0.3, -0.25) is 19.4 Å². The van der Waals surface area contributed by atoms with Gasteiger partial charge in [0.1, 0.15) is 0 Å². The average molecular weight is 341 g/mol. The molecule has 0 aromatic heterocycles. The first kappa shape index (κ1) is 18.7. The van der Waals surface area contributed by atoms with E-state index in [1.54, 1.807) is 10.0 Å². The van der Waals surface area contributed by atoms with E-state index in [1.165, 1.54) is 0 Å². The van der Waals surface area contributed by atoms with Crippen LogP contribution in [0.1, 0.15) is 45.4 Å². The van der Waals surface area contributed by atoms with Crippen LogP contribution in [0.15, 0.2) is 0 Å².